The Morgan fingerprint density at radius 1 is 1.37 bits per heavy atom. The molecular formula is C24H24N4O2. The second kappa shape index (κ2) is 7.60. The van der Waals surface area contributed by atoms with Gasteiger partial charge in [-0.05, 0) is 24.0 Å². The molecule has 0 bridgehead atoms. The summed E-state index contributed by atoms with van der Waals surface area (Å²) in [5.41, 5.74) is 10.9. The highest BCUT2D eigenvalue weighted by molar-refractivity contribution is 5.68. The van der Waals surface area contributed by atoms with Gasteiger partial charge < -0.3 is 19.6 Å². The Bertz CT molecular complexity index is 1210. The van der Waals surface area contributed by atoms with E-state index in [9.17, 15) is 5.26 Å². The Morgan fingerprint density at radius 2 is 2.17 bits per heavy atom. The maximum atomic E-state index is 9.90. The first-order valence-electron chi connectivity index (χ1n) is 9.85. The number of imidazole rings is 1. The quantitative estimate of drug-likeness (QED) is 0.641. The molecule has 3 heterocycles. The summed E-state index contributed by atoms with van der Waals surface area (Å²) in [5.74, 6) is 1.25. The van der Waals surface area contributed by atoms with Crippen molar-refractivity contribution in [3.8, 4) is 17.6 Å². The van der Waals surface area contributed by atoms with Crippen molar-refractivity contribution in [1.29, 1.82) is 5.26 Å². The SMILES string of the molecule is C=CCc1cccc(C2C(C#N)=C(N)Oc3c2ccn2cc(C(C)C)nc32)c1OC. The zero-order chi connectivity index (χ0) is 21.4. The first kappa shape index (κ1) is 19.6. The third kappa shape index (κ3) is 3.00. The van der Waals surface area contributed by atoms with Gasteiger partial charge in [-0.2, -0.15) is 5.26 Å². The van der Waals surface area contributed by atoms with Gasteiger partial charge in [0.15, 0.2) is 11.4 Å². The minimum atomic E-state index is -0.414. The van der Waals surface area contributed by atoms with Crippen molar-refractivity contribution in [1.82, 2.24) is 9.38 Å². The Kier molecular flexibility index (Phi) is 4.96. The molecule has 0 radical (unpaired) electrons. The number of benzene rings is 1. The minimum absolute atomic E-state index is 0.0911. The molecule has 0 saturated carbocycles. The van der Waals surface area contributed by atoms with Crippen molar-refractivity contribution >= 4 is 5.65 Å². The van der Waals surface area contributed by atoms with Crippen LogP contribution in [0, 0.1) is 11.3 Å². The summed E-state index contributed by atoms with van der Waals surface area (Å²) in [7, 11) is 1.64. The molecule has 1 unspecified atom stereocenters. The molecule has 6 nitrogen and oxygen atoms in total. The molecular weight excluding hydrogens is 376 g/mol. The molecule has 1 atom stereocenters. The van der Waals surface area contributed by atoms with Crippen molar-refractivity contribution in [2.45, 2.75) is 32.1 Å². The zero-order valence-corrected chi connectivity index (χ0v) is 17.3. The normalized spacial score (nSPS) is 15.6. The van der Waals surface area contributed by atoms with Crippen LogP contribution in [-0.4, -0.2) is 16.5 Å². The van der Waals surface area contributed by atoms with E-state index in [1.54, 1.807) is 7.11 Å². The number of fused-ring (bicyclic) bond motifs is 3. The summed E-state index contributed by atoms with van der Waals surface area (Å²) in [6, 6.07) is 10.1. The fourth-order valence-electron chi connectivity index (χ4n) is 3.97. The molecule has 0 fully saturated rings. The number of nitrogens with zero attached hydrogens (tertiary/aromatic N) is 3. The maximum absolute atomic E-state index is 9.90. The summed E-state index contributed by atoms with van der Waals surface area (Å²) in [5, 5.41) is 9.90. The molecule has 0 aliphatic carbocycles. The smallest absolute Gasteiger partial charge is 0.205 e. The lowest BCUT2D eigenvalue weighted by atomic mass is 9.82. The Hall–Kier alpha value is -3.72. The van der Waals surface area contributed by atoms with Crippen LogP contribution >= 0.6 is 0 Å². The van der Waals surface area contributed by atoms with Crippen molar-refractivity contribution in [3.63, 3.8) is 0 Å². The summed E-state index contributed by atoms with van der Waals surface area (Å²) < 4.78 is 13.6. The first-order chi connectivity index (χ1) is 14.5. The van der Waals surface area contributed by atoms with E-state index in [2.05, 4.69) is 26.5 Å². The second-order valence-electron chi connectivity index (χ2n) is 7.61. The average molecular weight is 400 g/mol. The van der Waals surface area contributed by atoms with E-state index >= 15 is 0 Å². The van der Waals surface area contributed by atoms with Gasteiger partial charge in [-0.3, -0.25) is 0 Å². The number of rotatable bonds is 5. The largest absolute Gasteiger partial charge is 0.496 e. The van der Waals surface area contributed by atoms with Crippen LogP contribution in [0.25, 0.3) is 5.65 Å². The highest BCUT2D eigenvalue weighted by Crippen LogP contribution is 2.47. The lowest BCUT2D eigenvalue weighted by molar-refractivity contribution is 0.387. The second-order valence-corrected chi connectivity index (χ2v) is 7.61. The van der Waals surface area contributed by atoms with E-state index in [4.69, 9.17) is 20.2 Å². The van der Waals surface area contributed by atoms with Crippen LogP contribution in [0.3, 0.4) is 0 Å². The fraction of sp³-hybridized carbons (Fsp3) is 0.250. The number of hydrogen-bond donors (Lipinski definition) is 1. The van der Waals surface area contributed by atoms with Crippen LogP contribution in [0.15, 0.2) is 60.8 Å². The number of allylic oxidation sites excluding steroid dienone is 2. The van der Waals surface area contributed by atoms with Crippen molar-refractivity contribution in [3.05, 3.63) is 83.2 Å². The van der Waals surface area contributed by atoms with Crippen LogP contribution in [-0.2, 0) is 6.42 Å². The van der Waals surface area contributed by atoms with Gasteiger partial charge in [-0.1, -0.05) is 38.1 Å². The number of para-hydroxylation sites is 1. The molecule has 6 heteroatoms. The number of nitriles is 1. The van der Waals surface area contributed by atoms with Crippen LogP contribution in [0.5, 0.6) is 11.5 Å². The van der Waals surface area contributed by atoms with Crippen LogP contribution in [0.4, 0.5) is 0 Å². The summed E-state index contributed by atoms with van der Waals surface area (Å²) >= 11 is 0. The number of ether oxygens (including phenoxy) is 2. The van der Waals surface area contributed by atoms with Crippen LogP contribution in [0.2, 0.25) is 0 Å². The van der Waals surface area contributed by atoms with Gasteiger partial charge in [0, 0.05) is 23.5 Å². The van der Waals surface area contributed by atoms with Crippen LogP contribution in [0.1, 0.15) is 48.1 Å². The molecule has 2 N–H and O–H groups in total. The number of nitrogens with two attached hydrogens (primary N) is 1. The van der Waals surface area contributed by atoms with Crippen molar-refractivity contribution < 1.29 is 9.47 Å². The van der Waals surface area contributed by atoms with Gasteiger partial charge in [-0.15, -0.1) is 6.58 Å². The van der Waals surface area contributed by atoms with Crippen molar-refractivity contribution in [2.24, 2.45) is 5.73 Å². The zero-order valence-electron chi connectivity index (χ0n) is 17.3. The standard InChI is InChI=1S/C24H24N4O2/c1-5-7-15-8-6-9-16(21(15)29-4)20-17-10-11-28-13-19(14(2)3)27-24(28)22(17)30-23(26)18(20)12-25/h5-6,8-11,13-14,20H,1,7,26H2,2-4H3. The molecule has 0 amide bonds. The van der Waals surface area contributed by atoms with Gasteiger partial charge in [0.05, 0.1) is 18.7 Å². The van der Waals surface area contributed by atoms with E-state index in [1.165, 1.54) is 0 Å². The van der Waals surface area contributed by atoms with Gasteiger partial charge in [-0.25, -0.2) is 4.98 Å². The van der Waals surface area contributed by atoms with Gasteiger partial charge in [0.2, 0.25) is 5.88 Å². The van der Waals surface area contributed by atoms with Crippen molar-refractivity contribution in [2.75, 3.05) is 7.11 Å². The van der Waals surface area contributed by atoms with E-state index in [1.807, 2.05) is 47.1 Å². The molecule has 30 heavy (non-hydrogen) atoms. The molecule has 1 aromatic carbocycles. The Balaban J connectivity index is 2.00. The number of methoxy groups -OCH3 is 1. The predicted molar refractivity (Wildman–Crippen MR) is 115 cm³/mol. The average Bonchev–Trinajstić information content (AvgIpc) is 3.18. The third-order valence-corrected chi connectivity index (χ3v) is 5.43. The molecule has 2 aromatic heterocycles. The minimum Gasteiger partial charge on any atom is -0.496 e. The third-order valence-electron chi connectivity index (χ3n) is 5.43. The highest BCUT2D eigenvalue weighted by atomic mass is 16.5. The highest BCUT2D eigenvalue weighted by Gasteiger charge is 2.34. The molecule has 0 spiro atoms. The molecule has 1 aliphatic heterocycles. The van der Waals surface area contributed by atoms with E-state index in [0.717, 1.165) is 28.1 Å². The number of pyridine rings is 1. The summed E-state index contributed by atoms with van der Waals surface area (Å²) in [6.45, 7) is 8.02. The Labute approximate surface area is 175 Å². The van der Waals surface area contributed by atoms with E-state index < -0.39 is 5.92 Å². The molecule has 4 rings (SSSR count). The monoisotopic (exact) mass is 400 g/mol. The maximum Gasteiger partial charge on any atom is 0.205 e. The predicted octanol–water partition coefficient (Wildman–Crippen LogP) is 4.41. The Morgan fingerprint density at radius 3 is 2.83 bits per heavy atom. The fourth-order valence-corrected chi connectivity index (χ4v) is 3.97. The van der Waals surface area contributed by atoms with E-state index in [-0.39, 0.29) is 11.8 Å². The van der Waals surface area contributed by atoms with Gasteiger partial charge in [0.25, 0.3) is 0 Å². The van der Waals surface area contributed by atoms with Gasteiger partial charge in [0.1, 0.15) is 17.4 Å². The topological polar surface area (TPSA) is 85.6 Å². The molecule has 0 saturated heterocycles. The molecule has 3 aromatic rings. The van der Waals surface area contributed by atoms with Crippen LogP contribution < -0.4 is 15.2 Å². The van der Waals surface area contributed by atoms with Gasteiger partial charge >= 0.3 is 0 Å². The summed E-state index contributed by atoms with van der Waals surface area (Å²) in [6.07, 6.45) is 6.42. The first-order valence-corrected chi connectivity index (χ1v) is 9.85. The van der Waals surface area contributed by atoms with E-state index in [0.29, 0.717) is 23.4 Å². The molecule has 1 aliphatic rings. The lowest BCUT2D eigenvalue weighted by Crippen LogP contribution is -2.22. The number of hydrogen-bond acceptors (Lipinski definition) is 5. The number of aromatic nitrogens is 2. The summed E-state index contributed by atoms with van der Waals surface area (Å²) in [4.78, 5) is 4.76. The molecule has 152 valence electrons. The lowest BCUT2D eigenvalue weighted by Gasteiger charge is -2.28.